The zero-order chi connectivity index (χ0) is 14.1. The molecule has 0 saturated carbocycles. The van der Waals surface area contributed by atoms with Crippen LogP contribution in [0.2, 0.25) is 0 Å². The second-order valence-electron chi connectivity index (χ2n) is 6.63. The van der Waals surface area contributed by atoms with Gasteiger partial charge in [-0.05, 0) is 52.1 Å². The fourth-order valence-electron chi connectivity index (χ4n) is 3.58. The normalized spacial score (nSPS) is 37.3. The van der Waals surface area contributed by atoms with Gasteiger partial charge in [0, 0.05) is 18.1 Å². The van der Waals surface area contributed by atoms with Crippen LogP contribution in [0.25, 0.3) is 0 Å². The number of sulfone groups is 1. The minimum Gasteiger partial charge on any atom is -0.308 e. The Labute approximate surface area is 117 Å². The number of nitrogens with zero attached hydrogens (tertiary/aromatic N) is 1. The molecule has 4 nitrogen and oxygen atoms in total. The molecule has 2 aliphatic rings. The summed E-state index contributed by atoms with van der Waals surface area (Å²) in [5.41, 5.74) is -0.216. The molecule has 2 fully saturated rings. The van der Waals surface area contributed by atoms with E-state index in [4.69, 9.17) is 0 Å². The van der Waals surface area contributed by atoms with Crippen LogP contribution in [0.5, 0.6) is 0 Å². The van der Waals surface area contributed by atoms with Gasteiger partial charge in [0.1, 0.15) is 0 Å². The summed E-state index contributed by atoms with van der Waals surface area (Å²) in [6, 6.07) is 0.396. The maximum Gasteiger partial charge on any atom is 0.152 e. The van der Waals surface area contributed by atoms with Crippen LogP contribution in [0.1, 0.15) is 40.0 Å². The Kier molecular flexibility index (Phi) is 4.58. The van der Waals surface area contributed by atoms with E-state index >= 15 is 0 Å². The zero-order valence-electron chi connectivity index (χ0n) is 12.5. The first-order valence-electron chi connectivity index (χ1n) is 7.54. The molecule has 2 rings (SSSR count). The number of rotatable bonds is 4. The summed E-state index contributed by atoms with van der Waals surface area (Å²) in [7, 11) is -2.82. The quantitative estimate of drug-likeness (QED) is 0.846. The molecule has 2 heterocycles. The molecule has 0 aromatic heterocycles. The van der Waals surface area contributed by atoms with E-state index in [1.54, 1.807) is 0 Å². The number of hydrogen-bond acceptors (Lipinski definition) is 4. The van der Waals surface area contributed by atoms with Gasteiger partial charge in [0.2, 0.25) is 0 Å². The third-order valence-corrected chi connectivity index (χ3v) is 6.68. The van der Waals surface area contributed by atoms with E-state index in [-0.39, 0.29) is 5.54 Å². The van der Waals surface area contributed by atoms with Crippen molar-refractivity contribution in [1.82, 2.24) is 10.2 Å². The lowest BCUT2D eigenvalue weighted by molar-refractivity contribution is 0.145. The highest BCUT2D eigenvalue weighted by atomic mass is 32.2. The van der Waals surface area contributed by atoms with Crippen molar-refractivity contribution in [1.29, 1.82) is 0 Å². The summed E-state index contributed by atoms with van der Waals surface area (Å²) in [5.74, 6) is 1.29. The average Bonchev–Trinajstić information content (AvgIpc) is 2.63. The van der Waals surface area contributed by atoms with Gasteiger partial charge in [0.15, 0.2) is 9.84 Å². The maximum absolute atomic E-state index is 11.7. The van der Waals surface area contributed by atoms with Crippen molar-refractivity contribution in [2.24, 2.45) is 5.92 Å². The molecule has 0 aromatic carbocycles. The molecule has 0 bridgehead atoms. The first kappa shape index (κ1) is 15.3. The van der Waals surface area contributed by atoms with Crippen LogP contribution in [0, 0.1) is 5.92 Å². The second-order valence-corrected chi connectivity index (χ2v) is 8.82. The molecule has 3 atom stereocenters. The predicted octanol–water partition coefficient (Wildman–Crippen LogP) is 1.27. The highest BCUT2D eigenvalue weighted by Gasteiger charge is 2.40. The summed E-state index contributed by atoms with van der Waals surface area (Å²) in [6.07, 6.45) is 3.27. The standard InChI is InChI=1S/C14H28N2O2S/c1-4-16-8-5-6-13(10-16)12(2)15-14(3)7-9-19(17,18)11-14/h12-13,15H,4-11H2,1-3H3. The van der Waals surface area contributed by atoms with E-state index in [1.165, 1.54) is 19.4 Å². The monoisotopic (exact) mass is 288 g/mol. The average molecular weight is 288 g/mol. The summed E-state index contributed by atoms with van der Waals surface area (Å²) < 4.78 is 23.3. The van der Waals surface area contributed by atoms with Gasteiger partial charge in [0.05, 0.1) is 11.5 Å². The first-order valence-corrected chi connectivity index (χ1v) is 9.36. The van der Waals surface area contributed by atoms with Crippen molar-refractivity contribution in [3.63, 3.8) is 0 Å². The highest BCUT2D eigenvalue weighted by molar-refractivity contribution is 7.91. The Morgan fingerprint density at radius 2 is 2.21 bits per heavy atom. The van der Waals surface area contributed by atoms with Crippen LogP contribution in [0.4, 0.5) is 0 Å². The van der Waals surface area contributed by atoms with Crippen molar-refractivity contribution >= 4 is 9.84 Å². The maximum atomic E-state index is 11.7. The van der Waals surface area contributed by atoms with E-state index in [9.17, 15) is 8.42 Å². The van der Waals surface area contributed by atoms with Crippen molar-refractivity contribution in [3.8, 4) is 0 Å². The topological polar surface area (TPSA) is 49.4 Å². The lowest BCUT2D eigenvalue weighted by Gasteiger charge is -2.38. The Bertz CT molecular complexity index is 410. The molecule has 0 aliphatic carbocycles. The molecular weight excluding hydrogens is 260 g/mol. The van der Waals surface area contributed by atoms with Gasteiger partial charge in [-0.25, -0.2) is 8.42 Å². The van der Waals surface area contributed by atoms with Gasteiger partial charge < -0.3 is 10.2 Å². The van der Waals surface area contributed by atoms with Crippen LogP contribution in [-0.4, -0.2) is 56.0 Å². The van der Waals surface area contributed by atoms with Crippen LogP contribution in [0.15, 0.2) is 0 Å². The van der Waals surface area contributed by atoms with Crippen molar-refractivity contribution in [2.75, 3.05) is 31.1 Å². The van der Waals surface area contributed by atoms with Gasteiger partial charge >= 0.3 is 0 Å². The molecule has 5 heteroatoms. The summed E-state index contributed by atoms with van der Waals surface area (Å²) >= 11 is 0. The van der Waals surface area contributed by atoms with E-state index in [1.807, 2.05) is 0 Å². The summed E-state index contributed by atoms with van der Waals surface area (Å²) in [6.45, 7) is 9.98. The Morgan fingerprint density at radius 1 is 1.47 bits per heavy atom. The fraction of sp³-hybridized carbons (Fsp3) is 1.00. The zero-order valence-corrected chi connectivity index (χ0v) is 13.3. The lowest BCUT2D eigenvalue weighted by Crippen LogP contribution is -2.53. The van der Waals surface area contributed by atoms with Crippen LogP contribution in [0.3, 0.4) is 0 Å². The fourth-order valence-corrected chi connectivity index (χ4v) is 5.68. The molecule has 19 heavy (non-hydrogen) atoms. The molecule has 2 aliphatic heterocycles. The molecule has 1 N–H and O–H groups in total. The largest absolute Gasteiger partial charge is 0.308 e. The number of piperidine rings is 1. The van der Waals surface area contributed by atoms with E-state index in [0.29, 0.717) is 23.5 Å². The molecular formula is C14H28N2O2S. The summed E-state index contributed by atoms with van der Waals surface area (Å²) in [5, 5.41) is 3.62. The number of likely N-dealkylation sites (tertiary alicyclic amines) is 1. The third-order valence-electron chi connectivity index (χ3n) is 4.78. The van der Waals surface area contributed by atoms with Gasteiger partial charge in [-0.1, -0.05) is 6.92 Å². The third kappa shape index (κ3) is 3.92. The Balaban J connectivity index is 1.92. The van der Waals surface area contributed by atoms with Crippen molar-refractivity contribution < 1.29 is 8.42 Å². The molecule has 0 radical (unpaired) electrons. The van der Waals surface area contributed by atoms with Crippen LogP contribution < -0.4 is 5.32 Å². The van der Waals surface area contributed by atoms with Crippen LogP contribution in [-0.2, 0) is 9.84 Å². The van der Waals surface area contributed by atoms with Crippen molar-refractivity contribution in [2.45, 2.75) is 51.6 Å². The van der Waals surface area contributed by atoms with Gasteiger partial charge in [0.25, 0.3) is 0 Å². The number of nitrogens with one attached hydrogen (secondary N) is 1. The van der Waals surface area contributed by atoms with Crippen molar-refractivity contribution in [3.05, 3.63) is 0 Å². The van der Waals surface area contributed by atoms with Crippen LogP contribution >= 0.6 is 0 Å². The Hall–Kier alpha value is -0.130. The molecule has 0 aromatic rings. The molecule has 0 amide bonds. The molecule has 2 saturated heterocycles. The molecule has 112 valence electrons. The highest BCUT2D eigenvalue weighted by Crippen LogP contribution is 2.26. The second kappa shape index (κ2) is 5.70. The minimum atomic E-state index is -2.82. The smallest absolute Gasteiger partial charge is 0.152 e. The molecule has 3 unspecified atom stereocenters. The Morgan fingerprint density at radius 3 is 2.79 bits per heavy atom. The molecule has 0 spiro atoms. The lowest BCUT2D eigenvalue weighted by atomic mass is 9.89. The van der Waals surface area contributed by atoms with E-state index < -0.39 is 9.84 Å². The SMILES string of the molecule is CCN1CCCC(C(C)NC2(C)CCS(=O)(=O)C2)C1. The predicted molar refractivity (Wildman–Crippen MR) is 79.1 cm³/mol. The van der Waals surface area contributed by atoms with Gasteiger partial charge in [-0.15, -0.1) is 0 Å². The van der Waals surface area contributed by atoms with E-state index in [0.717, 1.165) is 19.5 Å². The van der Waals surface area contributed by atoms with Gasteiger partial charge in [-0.3, -0.25) is 0 Å². The van der Waals surface area contributed by atoms with E-state index in [2.05, 4.69) is 31.0 Å². The number of hydrogen-bond donors (Lipinski definition) is 1. The minimum absolute atomic E-state index is 0.216. The van der Waals surface area contributed by atoms with Gasteiger partial charge in [-0.2, -0.15) is 0 Å². The summed E-state index contributed by atoms with van der Waals surface area (Å²) in [4.78, 5) is 2.50. The first-order chi connectivity index (χ1) is 8.84.